The molecule has 0 unspecified atom stereocenters. The minimum absolute atomic E-state index is 0.141. The fourth-order valence-electron chi connectivity index (χ4n) is 1.24. The van der Waals surface area contributed by atoms with Crippen molar-refractivity contribution in [2.24, 2.45) is 0 Å². The third-order valence-corrected chi connectivity index (χ3v) is 2.12. The quantitative estimate of drug-likeness (QED) is 0.724. The molecule has 0 amide bonds. The highest BCUT2D eigenvalue weighted by molar-refractivity contribution is 6.31. The minimum atomic E-state index is -0.141. The maximum Gasteiger partial charge on any atom is 0.271 e. The number of aromatic amines is 1. The Bertz CT molecular complexity index is 515. The van der Waals surface area contributed by atoms with E-state index in [-0.39, 0.29) is 5.56 Å². The van der Waals surface area contributed by atoms with E-state index in [9.17, 15) is 4.79 Å². The maximum absolute atomic E-state index is 11.4. The molecule has 2 rings (SSSR count). The van der Waals surface area contributed by atoms with Crippen LogP contribution in [0.5, 0.6) is 0 Å². The summed E-state index contributed by atoms with van der Waals surface area (Å²) in [7, 11) is 0. The van der Waals surface area contributed by atoms with Crippen LogP contribution in [-0.4, -0.2) is 14.8 Å². The third kappa shape index (κ3) is 1.44. The van der Waals surface area contributed by atoms with Gasteiger partial charge in [0.2, 0.25) is 0 Å². The van der Waals surface area contributed by atoms with Crippen molar-refractivity contribution in [2.75, 3.05) is 0 Å². The van der Waals surface area contributed by atoms with Gasteiger partial charge in [0.25, 0.3) is 5.56 Å². The van der Waals surface area contributed by atoms with E-state index in [1.54, 1.807) is 18.3 Å². The second-order valence-electron chi connectivity index (χ2n) is 2.93. The third-order valence-electron chi connectivity index (χ3n) is 1.83. The van der Waals surface area contributed by atoms with Crippen molar-refractivity contribution in [3.63, 3.8) is 0 Å². The maximum atomic E-state index is 11.4. The Morgan fingerprint density at radius 1 is 1.57 bits per heavy atom. The highest BCUT2D eigenvalue weighted by atomic mass is 35.5. The van der Waals surface area contributed by atoms with Crippen LogP contribution < -0.4 is 5.56 Å². The summed E-state index contributed by atoms with van der Waals surface area (Å²) < 4.78 is 1.37. The molecule has 0 fully saturated rings. The molecule has 2 aromatic heterocycles. The molecular weight excluding hydrogens is 202 g/mol. The summed E-state index contributed by atoms with van der Waals surface area (Å²) in [6.07, 6.45) is 1.58. The number of aryl methyl sites for hydroxylation is 1. The number of hydrogen-bond acceptors (Lipinski definition) is 2. The van der Waals surface area contributed by atoms with Gasteiger partial charge in [0.1, 0.15) is 5.69 Å². The van der Waals surface area contributed by atoms with Gasteiger partial charge in [-0.1, -0.05) is 11.6 Å². The zero-order valence-corrected chi connectivity index (χ0v) is 8.25. The number of halogens is 1. The number of nitrogens with one attached hydrogen (secondary N) is 1. The van der Waals surface area contributed by atoms with Gasteiger partial charge in [-0.15, -0.1) is 0 Å². The molecule has 5 heteroatoms. The van der Waals surface area contributed by atoms with Gasteiger partial charge in [-0.25, -0.2) is 9.67 Å². The molecule has 2 aromatic rings. The molecule has 0 saturated carbocycles. The molecule has 0 radical (unpaired) electrons. The van der Waals surface area contributed by atoms with E-state index in [1.165, 1.54) is 10.7 Å². The van der Waals surface area contributed by atoms with Gasteiger partial charge in [0.05, 0.1) is 0 Å². The van der Waals surface area contributed by atoms with Crippen molar-refractivity contribution in [3.8, 4) is 5.69 Å². The fourth-order valence-corrected chi connectivity index (χ4v) is 1.44. The number of nitrogens with zero attached hydrogens (tertiary/aromatic N) is 2. The second kappa shape index (κ2) is 3.31. The first-order valence-corrected chi connectivity index (χ1v) is 4.46. The molecule has 0 aliphatic rings. The molecule has 2 heterocycles. The number of H-pyrrole nitrogens is 1. The van der Waals surface area contributed by atoms with Crippen molar-refractivity contribution in [1.82, 2.24) is 14.8 Å². The van der Waals surface area contributed by atoms with Crippen LogP contribution in [0.2, 0.25) is 5.15 Å². The van der Waals surface area contributed by atoms with Gasteiger partial charge in [-0.05, 0) is 19.1 Å². The van der Waals surface area contributed by atoms with Crippen molar-refractivity contribution in [1.29, 1.82) is 0 Å². The zero-order chi connectivity index (χ0) is 10.1. The number of aromatic nitrogens is 3. The van der Waals surface area contributed by atoms with Crippen LogP contribution in [0, 0.1) is 6.92 Å². The lowest BCUT2D eigenvalue weighted by atomic mass is 10.4. The highest BCUT2D eigenvalue weighted by Crippen LogP contribution is 2.14. The summed E-state index contributed by atoms with van der Waals surface area (Å²) in [4.78, 5) is 15.3. The molecular formula is C9H8ClN3O. The molecule has 4 nitrogen and oxygen atoms in total. The van der Waals surface area contributed by atoms with Gasteiger partial charge in [0, 0.05) is 18.0 Å². The number of hydrogen-bond donors (Lipinski definition) is 1. The van der Waals surface area contributed by atoms with Crippen LogP contribution in [0.15, 0.2) is 29.2 Å². The number of rotatable bonds is 1. The van der Waals surface area contributed by atoms with Crippen LogP contribution in [0.1, 0.15) is 5.69 Å². The predicted octanol–water partition coefficient (Wildman–Crippen LogP) is 1.52. The zero-order valence-electron chi connectivity index (χ0n) is 7.49. The average molecular weight is 210 g/mol. The Balaban J connectivity index is 2.66. The SMILES string of the molecule is Cc1cc(=O)n(-c2cccnc2Cl)[nH]1. The van der Waals surface area contributed by atoms with Gasteiger partial charge in [0.15, 0.2) is 5.15 Å². The molecule has 72 valence electrons. The van der Waals surface area contributed by atoms with Crippen molar-refractivity contribution < 1.29 is 0 Å². The van der Waals surface area contributed by atoms with E-state index in [4.69, 9.17) is 11.6 Å². The molecule has 0 aliphatic heterocycles. The number of pyridine rings is 1. The topological polar surface area (TPSA) is 50.7 Å². The van der Waals surface area contributed by atoms with Gasteiger partial charge >= 0.3 is 0 Å². The van der Waals surface area contributed by atoms with Gasteiger partial charge in [-0.2, -0.15) is 0 Å². The first-order valence-electron chi connectivity index (χ1n) is 4.08. The van der Waals surface area contributed by atoms with E-state index in [0.717, 1.165) is 5.69 Å². The summed E-state index contributed by atoms with van der Waals surface area (Å²) in [6.45, 7) is 1.81. The van der Waals surface area contributed by atoms with Gasteiger partial charge in [-0.3, -0.25) is 9.89 Å². The van der Waals surface area contributed by atoms with Crippen molar-refractivity contribution in [2.45, 2.75) is 6.92 Å². The standard InChI is InChI=1S/C9H8ClN3O/c1-6-5-8(14)13(12-6)7-3-2-4-11-9(7)10/h2-5,12H,1H3. The molecule has 1 N–H and O–H groups in total. The van der Waals surface area contributed by atoms with E-state index in [1.807, 2.05) is 6.92 Å². The largest absolute Gasteiger partial charge is 0.295 e. The summed E-state index contributed by atoms with van der Waals surface area (Å²) in [5.74, 6) is 0. The first-order chi connectivity index (χ1) is 6.68. The van der Waals surface area contributed by atoms with E-state index in [0.29, 0.717) is 10.8 Å². The molecule has 14 heavy (non-hydrogen) atoms. The van der Waals surface area contributed by atoms with Crippen molar-refractivity contribution in [3.05, 3.63) is 45.6 Å². The molecule has 0 aliphatic carbocycles. The fraction of sp³-hybridized carbons (Fsp3) is 0.111. The smallest absolute Gasteiger partial charge is 0.271 e. The Labute approximate surface area is 85.1 Å². The Morgan fingerprint density at radius 3 is 2.93 bits per heavy atom. The lowest BCUT2D eigenvalue weighted by Gasteiger charge is -2.02. The lowest BCUT2D eigenvalue weighted by molar-refractivity contribution is 0.830. The Morgan fingerprint density at radius 2 is 2.36 bits per heavy atom. The minimum Gasteiger partial charge on any atom is -0.295 e. The summed E-state index contributed by atoms with van der Waals surface area (Å²) >= 11 is 5.85. The van der Waals surface area contributed by atoms with E-state index < -0.39 is 0 Å². The molecule has 0 saturated heterocycles. The van der Waals surface area contributed by atoms with Crippen LogP contribution in [0.4, 0.5) is 0 Å². The molecule has 0 atom stereocenters. The summed E-state index contributed by atoms with van der Waals surface area (Å²) in [5.41, 5.74) is 1.21. The Hall–Kier alpha value is -1.55. The summed E-state index contributed by atoms with van der Waals surface area (Å²) in [6, 6.07) is 4.96. The normalized spacial score (nSPS) is 10.4. The Kier molecular flexibility index (Phi) is 2.13. The summed E-state index contributed by atoms with van der Waals surface area (Å²) in [5, 5.41) is 3.18. The van der Waals surface area contributed by atoms with Crippen LogP contribution in [-0.2, 0) is 0 Å². The monoisotopic (exact) mass is 209 g/mol. The predicted molar refractivity (Wildman–Crippen MR) is 53.9 cm³/mol. The molecule has 0 bridgehead atoms. The van der Waals surface area contributed by atoms with Gasteiger partial charge < -0.3 is 0 Å². The first kappa shape index (κ1) is 9.02. The van der Waals surface area contributed by atoms with Crippen LogP contribution in [0.25, 0.3) is 5.69 Å². The van der Waals surface area contributed by atoms with E-state index in [2.05, 4.69) is 10.1 Å². The average Bonchev–Trinajstić information content (AvgIpc) is 2.46. The molecule has 0 aromatic carbocycles. The lowest BCUT2D eigenvalue weighted by Crippen LogP contribution is -2.14. The second-order valence-corrected chi connectivity index (χ2v) is 3.28. The van der Waals surface area contributed by atoms with Crippen LogP contribution in [0.3, 0.4) is 0 Å². The van der Waals surface area contributed by atoms with E-state index >= 15 is 0 Å². The highest BCUT2D eigenvalue weighted by Gasteiger charge is 2.06. The van der Waals surface area contributed by atoms with Crippen LogP contribution >= 0.6 is 11.6 Å². The molecule has 0 spiro atoms. The van der Waals surface area contributed by atoms with Crippen molar-refractivity contribution >= 4 is 11.6 Å².